The number of hydrogen-bond acceptors (Lipinski definition) is 6. The summed E-state index contributed by atoms with van der Waals surface area (Å²) in [6, 6.07) is 7.87. The Balaban J connectivity index is 1.23. The van der Waals surface area contributed by atoms with Gasteiger partial charge in [-0.05, 0) is 55.8 Å². The number of likely N-dealkylation sites (tertiary alicyclic amines) is 2. The van der Waals surface area contributed by atoms with E-state index in [1.165, 1.54) is 23.4 Å². The summed E-state index contributed by atoms with van der Waals surface area (Å²) in [5.74, 6) is -0.0750. The number of benzene rings is 1. The summed E-state index contributed by atoms with van der Waals surface area (Å²) >= 11 is 6.07. The SMILES string of the molecule is Cc1nn(-c2cncnc2)c(C(N)=O)c1C(=O)N1CC2CN(CC[CH]c3cccc(Cl)c3)C[C@H]2C1. The number of rotatable bonds is 7. The molecule has 2 aliphatic rings. The molecule has 1 unspecified atom stereocenters. The number of nitrogens with zero attached hydrogens (tertiary/aromatic N) is 6. The van der Waals surface area contributed by atoms with Crippen LogP contribution in [0.2, 0.25) is 5.02 Å². The molecule has 35 heavy (non-hydrogen) atoms. The van der Waals surface area contributed by atoms with Gasteiger partial charge in [0.2, 0.25) is 0 Å². The van der Waals surface area contributed by atoms with E-state index in [9.17, 15) is 9.59 Å². The highest BCUT2D eigenvalue weighted by molar-refractivity contribution is 6.30. The van der Waals surface area contributed by atoms with Gasteiger partial charge in [0.25, 0.3) is 11.8 Å². The van der Waals surface area contributed by atoms with E-state index < -0.39 is 5.91 Å². The molecule has 9 nitrogen and oxygen atoms in total. The third-order valence-electron chi connectivity index (χ3n) is 6.82. The number of fused-ring (bicyclic) bond motifs is 1. The standard InChI is InChI=1S/C25H27ClN7O2/c1-16-22(23(24(27)34)33(30-16)21-9-28-15-29-10-21)25(35)32-13-18-11-31(12-19(18)14-32)7-3-5-17-4-2-6-20(26)8-17/h2,4-6,8-10,15,18-19H,3,7,11-14H2,1H3,(H2,27,34)/t18-,19?/m0/s1. The Morgan fingerprint density at radius 3 is 2.51 bits per heavy atom. The zero-order valence-electron chi connectivity index (χ0n) is 19.5. The van der Waals surface area contributed by atoms with Crippen LogP contribution in [0.5, 0.6) is 0 Å². The minimum Gasteiger partial charge on any atom is -0.364 e. The van der Waals surface area contributed by atoms with Crippen molar-refractivity contribution in [3.63, 3.8) is 0 Å². The Morgan fingerprint density at radius 1 is 1.14 bits per heavy atom. The van der Waals surface area contributed by atoms with Gasteiger partial charge in [-0.15, -0.1) is 0 Å². The lowest BCUT2D eigenvalue weighted by molar-refractivity contribution is 0.0767. The van der Waals surface area contributed by atoms with Crippen molar-refractivity contribution in [1.29, 1.82) is 0 Å². The normalized spacial score (nSPS) is 19.8. The second-order valence-electron chi connectivity index (χ2n) is 9.22. The molecule has 181 valence electrons. The average molecular weight is 493 g/mol. The second-order valence-corrected chi connectivity index (χ2v) is 9.66. The molecule has 1 radical (unpaired) electrons. The maximum Gasteiger partial charge on any atom is 0.268 e. The Bertz CT molecular complexity index is 1230. The fourth-order valence-corrected chi connectivity index (χ4v) is 5.44. The van der Waals surface area contributed by atoms with E-state index in [4.69, 9.17) is 17.3 Å². The van der Waals surface area contributed by atoms with Gasteiger partial charge in [0, 0.05) is 31.2 Å². The number of primary amides is 1. The molecule has 2 atom stereocenters. The van der Waals surface area contributed by atoms with Crippen LogP contribution in [0.3, 0.4) is 0 Å². The van der Waals surface area contributed by atoms with Gasteiger partial charge in [0.15, 0.2) is 0 Å². The molecule has 2 saturated heterocycles. The van der Waals surface area contributed by atoms with Crippen LogP contribution in [-0.4, -0.2) is 74.1 Å². The van der Waals surface area contributed by atoms with Gasteiger partial charge in [0.1, 0.15) is 17.7 Å². The lowest BCUT2D eigenvalue weighted by Gasteiger charge is -2.22. The molecule has 2 fully saturated rings. The number of nitrogens with two attached hydrogens (primary N) is 1. The molecular weight excluding hydrogens is 466 g/mol. The van der Waals surface area contributed by atoms with Crippen LogP contribution in [0, 0.1) is 25.2 Å². The highest BCUT2D eigenvalue weighted by Gasteiger charge is 2.42. The minimum atomic E-state index is -0.709. The summed E-state index contributed by atoms with van der Waals surface area (Å²) < 4.78 is 1.36. The van der Waals surface area contributed by atoms with Crippen LogP contribution in [-0.2, 0) is 0 Å². The maximum atomic E-state index is 13.5. The van der Waals surface area contributed by atoms with Gasteiger partial charge in [-0.25, -0.2) is 14.6 Å². The van der Waals surface area contributed by atoms with E-state index in [0.717, 1.165) is 36.6 Å². The molecule has 3 aromatic rings. The number of amides is 2. The van der Waals surface area contributed by atoms with Crippen LogP contribution < -0.4 is 5.73 Å². The highest BCUT2D eigenvalue weighted by Crippen LogP contribution is 2.33. The molecule has 0 spiro atoms. The van der Waals surface area contributed by atoms with Gasteiger partial charge in [-0.2, -0.15) is 5.10 Å². The van der Waals surface area contributed by atoms with Crippen molar-refractivity contribution in [2.45, 2.75) is 13.3 Å². The van der Waals surface area contributed by atoms with Crippen LogP contribution in [0.15, 0.2) is 43.0 Å². The largest absolute Gasteiger partial charge is 0.364 e. The zero-order chi connectivity index (χ0) is 24.5. The predicted molar refractivity (Wildman–Crippen MR) is 131 cm³/mol. The van der Waals surface area contributed by atoms with Crippen molar-refractivity contribution in [1.82, 2.24) is 29.5 Å². The maximum absolute atomic E-state index is 13.5. The minimum absolute atomic E-state index is 0.0672. The fraction of sp³-hybridized carbons (Fsp3) is 0.360. The number of aryl methyl sites for hydroxylation is 1. The zero-order valence-corrected chi connectivity index (χ0v) is 20.2. The molecule has 10 heteroatoms. The van der Waals surface area contributed by atoms with E-state index in [-0.39, 0.29) is 17.2 Å². The fourth-order valence-electron chi connectivity index (χ4n) is 5.24. The van der Waals surface area contributed by atoms with Crippen LogP contribution in [0.4, 0.5) is 0 Å². The Morgan fingerprint density at radius 2 is 1.86 bits per heavy atom. The van der Waals surface area contributed by atoms with E-state index >= 15 is 0 Å². The van der Waals surface area contributed by atoms with Crippen molar-refractivity contribution in [2.75, 3.05) is 32.7 Å². The van der Waals surface area contributed by atoms with Crippen LogP contribution in [0.25, 0.3) is 5.69 Å². The number of halogens is 1. The van der Waals surface area contributed by atoms with E-state index in [2.05, 4.69) is 32.5 Å². The van der Waals surface area contributed by atoms with Crippen LogP contribution in [0.1, 0.15) is 38.5 Å². The molecule has 1 aromatic carbocycles. The first kappa shape index (κ1) is 23.4. The molecule has 4 heterocycles. The van der Waals surface area contributed by atoms with Gasteiger partial charge in [0.05, 0.1) is 23.7 Å². The van der Waals surface area contributed by atoms with E-state index in [0.29, 0.717) is 36.3 Å². The van der Waals surface area contributed by atoms with Gasteiger partial charge in [-0.3, -0.25) is 9.59 Å². The first-order valence-corrected chi connectivity index (χ1v) is 12.0. The topological polar surface area (TPSA) is 110 Å². The average Bonchev–Trinajstić information content (AvgIpc) is 3.50. The number of carbonyl (C=O) groups excluding carboxylic acids is 2. The Kier molecular flexibility index (Phi) is 6.53. The van der Waals surface area contributed by atoms with Gasteiger partial charge in [-0.1, -0.05) is 23.7 Å². The third-order valence-corrected chi connectivity index (χ3v) is 7.06. The summed E-state index contributed by atoms with van der Waals surface area (Å²) in [6.07, 6.45) is 7.60. The second kappa shape index (κ2) is 9.75. The summed E-state index contributed by atoms with van der Waals surface area (Å²) in [5, 5.41) is 5.16. The Hall–Kier alpha value is -3.30. The van der Waals surface area contributed by atoms with E-state index in [1.54, 1.807) is 6.92 Å². The van der Waals surface area contributed by atoms with Crippen molar-refractivity contribution < 1.29 is 9.59 Å². The summed E-state index contributed by atoms with van der Waals surface area (Å²) in [7, 11) is 0. The smallest absolute Gasteiger partial charge is 0.268 e. The molecule has 0 saturated carbocycles. The summed E-state index contributed by atoms with van der Waals surface area (Å²) in [6.45, 7) is 5.93. The molecule has 2 aromatic heterocycles. The van der Waals surface area contributed by atoms with Gasteiger partial charge >= 0.3 is 0 Å². The monoisotopic (exact) mass is 492 g/mol. The quantitative estimate of drug-likeness (QED) is 0.542. The van der Waals surface area contributed by atoms with Crippen molar-refractivity contribution in [3.8, 4) is 5.69 Å². The molecule has 2 amide bonds. The molecule has 2 N–H and O–H groups in total. The number of hydrogen-bond donors (Lipinski definition) is 1. The molecular formula is C25H27ClN7O2. The Labute approximate surface area is 208 Å². The third kappa shape index (κ3) is 4.78. The highest BCUT2D eigenvalue weighted by atomic mass is 35.5. The summed E-state index contributed by atoms with van der Waals surface area (Å²) in [4.78, 5) is 38.1. The van der Waals surface area contributed by atoms with E-state index in [1.807, 2.05) is 23.1 Å². The van der Waals surface area contributed by atoms with Crippen molar-refractivity contribution in [3.05, 3.63) is 76.9 Å². The lowest BCUT2D eigenvalue weighted by atomic mass is 10.0. The molecule has 0 aliphatic carbocycles. The van der Waals surface area contributed by atoms with Gasteiger partial charge < -0.3 is 15.5 Å². The number of carbonyl (C=O) groups is 2. The predicted octanol–water partition coefficient (Wildman–Crippen LogP) is 2.37. The van der Waals surface area contributed by atoms with Crippen molar-refractivity contribution >= 4 is 23.4 Å². The summed E-state index contributed by atoms with van der Waals surface area (Å²) in [5.41, 5.74) is 8.08. The first-order chi connectivity index (χ1) is 16.9. The molecule has 2 aliphatic heterocycles. The first-order valence-electron chi connectivity index (χ1n) is 11.7. The van der Waals surface area contributed by atoms with Crippen LogP contribution >= 0.6 is 11.6 Å². The molecule has 5 rings (SSSR count). The molecule has 0 bridgehead atoms. The number of aromatic nitrogens is 4. The lowest BCUT2D eigenvalue weighted by Crippen LogP contribution is -2.35. The van der Waals surface area contributed by atoms with Crippen molar-refractivity contribution in [2.24, 2.45) is 17.6 Å².